The lowest BCUT2D eigenvalue weighted by molar-refractivity contribution is -0.117. The van der Waals surface area contributed by atoms with Gasteiger partial charge >= 0.3 is 0 Å². The minimum Gasteiger partial charge on any atom is -0.398 e. The van der Waals surface area contributed by atoms with Crippen LogP contribution in [0.2, 0.25) is 0 Å². The summed E-state index contributed by atoms with van der Waals surface area (Å²) in [4.78, 5) is 28.8. The quantitative estimate of drug-likeness (QED) is 0.718. The molecule has 8 heteroatoms. The molecule has 0 unspecified atom stereocenters. The largest absolute Gasteiger partial charge is 0.398 e. The smallest absolute Gasteiger partial charge is 0.256 e. The number of amides is 2. The molecule has 2 aromatic carbocycles. The number of nitrogen functional groups attached to an aromatic ring is 1. The molecular formula is C21H28Cl2N4O2. The van der Waals surface area contributed by atoms with Crippen molar-refractivity contribution in [2.45, 2.75) is 13.8 Å². The van der Waals surface area contributed by atoms with Crippen LogP contribution < -0.4 is 11.1 Å². The van der Waals surface area contributed by atoms with Crippen LogP contribution in [0.15, 0.2) is 42.5 Å². The Morgan fingerprint density at radius 3 is 2.28 bits per heavy atom. The van der Waals surface area contributed by atoms with Gasteiger partial charge < -0.3 is 16.0 Å². The van der Waals surface area contributed by atoms with Crippen molar-refractivity contribution >= 4 is 48.0 Å². The summed E-state index contributed by atoms with van der Waals surface area (Å²) in [6.07, 6.45) is 0. The Balaban J connectivity index is 0.00000210. The Kier molecular flexibility index (Phi) is 9.43. The lowest BCUT2D eigenvalue weighted by atomic mass is 10.1. The first-order valence-corrected chi connectivity index (χ1v) is 9.18. The van der Waals surface area contributed by atoms with Crippen molar-refractivity contribution in [1.82, 2.24) is 9.80 Å². The van der Waals surface area contributed by atoms with Gasteiger partial charge in [0.1, 0.15) is 0 Å². The van der Waals surface area contributed by atoms with Crippen molar-refractivity contribution in [1.29, 1.82) is 0 Å². The van der Waals surface area contributed by atoms with Crippen LogP contribution in [0.3, 0.4) is 0 Å². The first-order chi connectivity index (χ1) is 13.0. The molecule has 1 aliphatic rings. The highest BCUT2D eigenvalue weighted by Gasteiger charge is 2.24. The van der Waals surface area contributed by atoms with E-state index in [1.807, 2.05) is 44.2 Å². The van der Waals surface area contributed by atoms with Crippen LogP contribution in [0.4, 0.5) is 11.4 Å². The fourth-order valence-electron chi connectivity index (χ4n) is 3.25. The number of piperazine rings is 1. The molecular weight excluding hydrogens is 411 g/mol. The lowest BCUT2D eigenvalue weighted by Crippen LogP contribution is -2.50. The zero-order valence-corrected chi connectivity index (χ0v) is 18.3. The first-order valence-electron chi connectivity index (χ1n) is 9.18. The van der Waals surface area contributed by atoms with E-state index in [0.717, 1.165) is 16.8 Å². The van der Waals surface area contributed by atoms with Crippen LogP contribution in [0, 0.1) is 13.8 Å². The molecule has 1 saturated heterocycles. The molecule has 3 rings (SSSR count). The number of halogens is 2. The van der Waals surface area contributed by atoms with E-state index in [2.05, 4.69) is 10.2 Å². The van der Waals surface area contributed by atoms with E-state index >= 15 is 0 Å². The number of carbonyl (C=O) groups excluding carboxylic acids is 2. The highest BCUT2D eigenvalue weighted by molar-refractivity contribution is 5.99. The molecule has 0 saturated carbocycles. The summed E-state index contributed by atoms with van der Waals surface area (Å²) in [7, 11) is 0. The minimum absolute atomic E-state index is 0. The van der Waals surface area contributed by atoms with E-state index in [-0.39, 0.29) is 36.6 Å². The maximum atomic E-state index is 12.6. The highest BCUT2D eigenvalue weighted by Crippen LogP contribution is 2.18. The second-order valence-electron chi connectivity index (χ2n) is 6.95. The number of anilines is 2. The molecule has 1 fully saturated rings. The molecule has 0 bridgehead atoms. The summed E-state index contributed by atoms with van der Waals surface area (Å²) in [5, 5.41) is 2.99. The van der Waals surface area contributed by atoms with Gasteiger partial charge in [-0.3, -0.25) is 14.5 Å². The van der Waals surface area contributed by atoms with Crippen molar-refractivity contribution in [3.63, 3.8) is 0 Å². The Labute approximate surface area is 184 Å². The van der Waals surface area contributed by atoms with E-state index in [1.165, 1.54) is 0 Å². The molecule has 6 nitrogen and oxygen atoms in total. The van der Waals surface area contributed by atoms with Crippen LogP contribution in [-0.4, -0.2) is 54.3 Å². The average molecular weight is 439 g/mol. The Morgan fingerprint density at radius 1 is 0.966 bits per heavy atom. The van der Waals surface area contributed by atoms with E-state index in [1.54, 1.807) is 17.0 Å². The molecule has 29 heavy (non-hydrogen) atoms. The number of nitrogens with two attached hydrogens (primary N) is 1. The summed E-state index contributed by atoms with van der Waals surface area (Å²) in [5.74, 6) is -0.0802. The summed E-state index contributed by atoms with van der Waals surface area (Å²) in [5.41, 5.74) is 10.0. The molecule has 0 aromatic heterocycles. The standard InChI is InChI=1S/C21H26N4O2.2ClH/c1-15-6-5-9-19(16(15)2)23-20(26)14-24-10-12-25(13-11-24)21(27)17-7-3-4-8-18(17)22;;/h3-9H,10-14,22H2,1-2H3,(H,23,26);2*1H. The normalized spacial score (nSPS) is 13.8. The molecule has 158 valence electrons. The van der Waals surface area contributed by atoms with Gasteiger partial charge in [-0.25, -0.2) is 0 Å². The first kappa shape index (κ1) is 24.8. The van der Waals surface area contributed by atoms with Crippen molar-refractivity contribution in [2.75, 3.05) is 43.8 Å². The van der Waals surface area contributed by atoms with E-state index in [4.69, 9.17) is 5.73 Å². The molecule has 2 amide bonds. The third-order valence-corrected chi connectivity index (χ3v) is 5.10. The number of benzene rings is 2. The fraction of sp³-hybridized carbons (Fsp3) is 0.333. The second kappa shape index (κ2) is 11.0. The van der Waals surface area contributed by atoms with Crippen molar-refractivity contribution < 1.29 is 9.59 Å². The Hall–Kier alpha value is -2.28. The van der Waals surface area contributed by atoms with E-state index in [0.29, 0.717) is 44.0 Å². The average Bonchev–Trinajstić information content (AvgIpc) is 2.66. The van der Waals surface area contributed by atoms with Gasteiger partial charge in [0.2, 0.25) is 5.91 Å². The number of para-hydroxylation sites is 1. The van der Waals surface area contributed by atoms with Gasteiger partial charge in [-0.2, -0.15) is 0 Å². The zero-order valence-electron chi connectivity index (χ0n) is 16.7. The van der Waals surface area contributed by atoms with Gasteiger partial charge in [0.25, 0.3) is 5.91 Å². The molecule has 3 N–H and O–H groups in total. The second-order valence-corrected chi connectivity index (χ2v) is 6.95. The van der Waals surface area contributed by atoms with Gasteiger partial charge in [-0.15, -0.1) is 24.8 Å². The maximum Gasteiger partial charge on any atom is 0.256 e. The Morgan fingerprint density at radius 2 is 1.62 bits per heavy atom. The molecule has 0 radical (unpaired) electrons. The van der Waals surface area contributed by atoms with Crippen LogP contribution in [0.1, 0.15) is 21.5 Å². The monoisotopic (exact) mass is 438 g/mol. The third kappa shape index (κ3) is 6.10. The molecule has 1 aliphatic heterocycles. The SMILES string of the molecule is Cc1cccc(NC(=O)CN2CCN(C(=O)c3ccccc3N)CC2)c1C.Cl.Cl. The summed E-state index contributed by atoms with van der Waals surface area (Å²) >= 11 is 0. The molecule has 0 atom stereocenters. The molecule has 1 heterocycles. The molecule has 0 spiro atoms. The number of hydrogen-bond acceptors (Lipinski definition) is 4. The third-order valence-electron chi connectivity index (χ3n) is 5.10. The summed E-state index contributed by atoms with van der Waals surface area (Å²) in [6.45, 7) is 6.86. The van der Waals surface area contributed by atoms with Crippen LogP contribution in [0.5, 0.6) is 0 Å². The van der Waals surface area contributed by atoms with Gasteiger partial charge in [0.15, 0.2) is 0 Å². The minimum atomic E-state index is -0.0485. The lowest BCUT2D eigenvalue weighted by Gasteiger charge is -2.34. The van der Waals surface area contributed by atoms with Gasteiger partial charge in [0, 0.05) is 37.6 Å². The summed E-state index contributed by atoms with van der Waals surface area (Å²) in [6, 6.07) is 13.0. The van der Waals surface area contributed by atoms with Gasteiger partial charge in [-0.1, -0.05) is 24.3 Å². The number of carbonyl (C=O) groups is 2. The van der Waals surface area contributed by atoms with Crippen LogP contribution in [0.25, 0.3) is 0 Å². The van der Waals surface area contributed by atoms with Crippen LogP contribution >= 0.6 is 24.8 Å². The molecule has 2 aromatic rings. The number of nitrogens with one attached hydrogen (secondary N) is 1. The maximum absolute atomic E-state index is 12.6. The highest BCUT2D eigenvalue weighted by atomic mass is 35.5. The Bertz CT molecular complexity index is 852. The number of rotatable bonds is 4. The van der Waals surface area contributed by atoms with Crippen molar-refractivity contribution in [3.8, 4) is 0 Å². The van der Waals surface area contributed by atoms with Gasteiger partial charge in [0.05, 0.1) is 12.1 Å². The zero-order chi connectivity index (χ0) is 19.4. The van der Waals surface area contributed by atoms with E-state index < -0.39 is 0 Å². The summed E-state index contributed by atoms with van der Waals surface area (Å²) < 4.78 is 0. The molecule has 0 aliphatic carbocycles. The van der Waals surface area contributed by atoms with E-state index in [9.17, 15) is 9.59 Å². The predicted molar refractivity (Wildman–Crippen MR) is 122 cm³/mol. The number of nitrogens with zero attached hydrogens (tertiary/aromatic N) is 2. The predicted octanol–water partition coefficient (Wildman–Crippen LogP) is 3.13. The van der Waals surface area contributed by atoms with Crippen molar-refractivity contribution in [3.05, 3.63) is 59.2 Å². The topological polar surface area (TPSA) is 78.7 Å². The number of hydrogen-bond donors (Lipinski definition) is 2. The fourth-order valence-corrected chi connectivity index (χ4v) is 3.25. The van der Waals surface area contributed by atoms with Gasteiger partial charge in [-0.05, 0) is 43.2 Å². The van der Waals surface area contributed by atoms with Crippen molar-refractivity contribution in [2.24, 2.45) is 0 Å². The van der Waals surface area contributed by atoms with Crippen LogP contribution in [-0.2, 0) is 4.79 Å². The number of aryl methyl sites for hydroxylation is 1.